The molecular weight excluding hydrogens is 224 g/mol. The van der Waals surface area contributed by atoms with Crippen molar-refractivity contribution in [1.29, 1.82) is 0 Å². The van der Waals surface area contributed by atoms with Gasteiger partial charge in [-0.05, 0) is 50.6 Å². The van der Waals surface area contributed by atoms with E-state index in [2.05, 4.69) is 31.0 Å². The molecule has 0 radical (unpaired) electrons. The van der Waals surface area contributed by atoms with Crippen LogP contribution in [-0.2, 0) is 4.79 Å². The summed E-state index contributed by atoms with van der Waals surface area (Å²) < 4.78 is 0. The largest absolute Gasteiger partial charge is 0.342 e. The van der Waals surface area contributed by atoms with E-state index < -0.39 is 0 Å². The number of hydrogen-bond donors (Lipinski definition) is 1. The molecule has 0 aromatic heterocycles. The third-order valence-corrected chi connectivity index (χ3v) is 3.68. The molecule has 0 aromatic rings. The zero-order valence-corrected chi connectivity index (χ0v) is 12.6. The summed E-state index contributed by atoms with van der Waals surface area (Å²) in [6, 6.07) is 0. The Morgan fingerprint density at radius 2 is 2.11 bits per heavy atom. The Hall–Kier alpha value is -0.570. The van der Waals surface area contributed by atoms with E-state index in [1.165, 1.54) is 6.42 Å². The minimum atomic E-state index is 0.344. The van der Waals surface area contributed by atoms with Crippen LogP contribution in [0.4, 0.5) is 0 Å². The van der Waals surface area contributed by atoms with Gasteiger partial charge in [0.2, 0.25) is 5.91 Å². The lowest BCUT2D eigenvalue weighted by molar-refractivity contribution is -0.133. The van der Waals surface area contributed by atoms with Gasteiger partial charge in [0.05, 0.1) is 0 Å². The predicted octanol–water partition coefficient (Wildman–Crippen LogP) is 2.66. The minimum absolute atomic E-state index is 0.344. The Morgan fingerprint density at radius 1 is 1.39 bits per heavy atom. The van der Waals surface area contributed by atoms with E-state index in [-0.39, 0.29) is 0 Å². The first-order valence-electron chi connectivity index (χ1n) is 7.35. The number of piperidine rings is 1. The molecule has 0 aromatic carbocycles. The van der Waals surface area contributed by atoms with Crippen LogP contribution >= 0.6 is 0 Å². The molecule has 1 heterocycles. The summed E-state index contributed by atoms with van der Waals surface area (Å²) in [5.74, 6) is 1.01. The van der Waals surface area contributed by atoms with E-state index in [0.29, 0.717) is 17.2 Å². The van der Waals surface area contributed by atoms with Gasteiger partial charge in [0.1, 0.15) is 0 Å². The fourth-order valence-electron chi connectivity index (χ4n) is 2.67. The molecule has 3 nitrogen and oxygen atoms in total. The van der Waals surface area contributed by atoms with Gasteiger partial charge in [-0.2, -0.15) is 0 Å². The summed E-state index contributed by atoms with van der Waals surface area (Å²) in [6.45, 7) is 9.67. The Balaban J connectivity index is 2.28. The Labute approximate surface area is 112 Å². The molecule has 1 aliphatic heterocycles. The molecule has 0 bridgehead atoms. The first-order valence-corrected chi connectivity index (χ1v) is 7.35. The summed E-state index contributed by atoms with van der Waals surface area (Å²) in [5.41, 5.74) is 0.344. The van der Waals surface area contributed by atoms with Crippen molar-refractivity contribution in [3.05, 3.63) is 0 Å². The maximum Gasteiger partial charge on any atom is 0.222 e. The smallest absolute Gasteiger partial charge is 0.222 e. The van der Waals surface area contributed by atoms with Gasteiger partial charge in [-0.15, -0.1) is 0 Å². The minimum Gasteiger partial charge on any atom is -0.342 e. The van der Waals surface area contributed by atoms with Crippen molar-refractivity contribution >= 4 is 5.91 Å². The molecule has 3 heteroatoms. The quantitative estimate of drug-likeness (QED) is 0.818. The second kappa shape index (κ2) is 7.13. The zero-order chi connectivity index (χ0) is 13.6. The van der Waals surface area contributed by atoms with Gasteiger partial charge in [0.15, 0.2) is 0 Å². The molecule has 1 unspecified atom stereocenters. The Morgan fingerprint density at radius 3 is 2.72 bits per heavy atom. The number of likely N-dealkylation sites (tertiary alicyclic amines) is 1. The van der Waals surface area contributed by atoms with E-state index in [0.717, 1.165) is 45.3 Å². The zero-order valence-electron chi connectivity index (χ0n) is 12.6. The summed E-state index contributed by atoms with van der Waals surface area (Å²) in [5, 5.41) is 3.22. The van der Waals surface area contributed by atoms with Crippen molar-refractivity contribution in [2.45, 2.75) is 52.9 Å². The first-order chi connectivity index (χ1) is 8.42. The van der Waals surface area contributed by atoms with E-state index in [1.54, 1.807) is 0 Å². The monoisotopic (exact) mass is 254 g/mol. The Kier molecular flexibility index (Phi) is 6.13. The van der Waals surface area contributed by atoms with Crippen molar-refractivity contribution in [2.75, 3.05) is 26.7 Å². The summed E-state index contributed by atoms with van der Waals surface area (Å²) in [6.07, 6.45) is 5.30. The molecule has 18 heavy (non-hydrogen) atoms. The predicted molar refractivity (Wildman–Crippen MR) is 76.5 cm³/mol. The molecule has 1 fully saturated rings. The highest BCUT2D eigenvalue weighted by Crippen LogP contribution is 2.23. The van der Waals surface area contributed by atoms with Crippen molar-refractivity contribution < 1.29 is 4.79 Å². The number of amides is 1. The van der Waals surface area contributed by atoms with Gasteiger partial charge in [-0.3, -0.25) is 4.79 Å². The molecule has 1 aliphatic rings. The molecule has 106 valence electrons. The van der Waals surface area contributed by atoms with Gasteiger partial charge in [0.25, 0.3) is 0 Å². The summed E-state index contributed by atoms with van der Waals surface area (Å²) in [4.78, 5) is 14.2. The van der Waals surface area contributed by atoms with Gasteiger partial charge in [-0.25, -0.2) is 0 Å². The Bertz CT molecular complexity index is 256. The summed E-state index contributed by atoms with van der Waals surface area (Å²) in [7, 11) is 1.99. The lowest BCUT2D eigenvalue weighted by atomic mass is 9.89. The number of hydrogen-bond acceptors (Lipinski definition) is 2. The highest BCUT2D eigenvalue weighted by molar-refractivity contribution is 5.76. The number of rotatable bonds is 5. The lowest BCUT2D eigenvalue weighted by Gasteiger charge is -2.33. The van der Waals surface area contributed by atoms with Crippen LogP contribution in [-0.4, -0.2) is 37.5 Å². The second-order valence-corrected chi connectivity index (χ2v) is 6.82. The van der Waals surface area contributed by atoms with Crippen molar-refractivity contribution in [1.82, 2.24) is 10.2 Å². The maximum absolute atomic E-state index is 12.1. The third kappa shape index (κ3) is 5.85. The molecule has 1 N–H and O–H groups in total. The SMILES string of the molecule is CNCC1CCCN(C(=O)CCCC(C)(C)C)C1. The molecular formula is C15H30N2O. The molecule has 1 rings (SSSR count). The number of carbonyl (C=O) groups excluding carboxylic acids is 1. The average molecular weight is 254 g/mol. The van der Waals surface area contributed by atoms with Crippen molar-refractivity contribution in [3.8, 4) is 0 Å². The van der Waals surface area contributed by atoms with E-state index in [4.69, 9.17) is 0 Å². The highest BCUT2D eigenvalue weighted by atomic mass is 16.2. The van der Waals surface area contributed by atoms with Crippen LogP contribution in [0.1, 0.15) is 52.9 Å². The highest BCUT2D eigenvalue weighted by Gasteiger charge is 2.23. The molecule has 1 atom stereocenters. The number of nitrogens with zero attached hydrogens (tertiary/aromatic N) is 1. The first kappa shape index (κ1) is 15.5. The van der Waals surface area contributed by atoms with E-state index in [9.17, 15) is 4.79 Å². The van der Waals surface area contributed by atoms with Crippen LogP contribution in [0.25, 0.3) is 0 Å². The summed E-state index contributed by atoms with van der Waals surface area (Å²) >= 11 is 0. The average Bonchev–Trinajstić information content (AvgIpc) is 2.28. The number of carbonyl (C=O) groups is 1. The van der Waals surface area contributed by atoms with Crippen LogP contribution < -0.4 is 5.32 Å². The van der Waals surface area contributed by atoms with Crippen molar-refractivity contribution in [2.24, 2.45) is 11.3 Å². The third-order valence-electron chi connectivity index (χ3n) is 3.68. The van der Waals surface area contributed by atoms with Crippen LogP contribution in [0.15, 0.2) is 0 Å². The van der Waals surface area contributed by atoms with Crippen LogP contribution in [0, 0.1) is 11.3 Å². The molecule has 0 saturated carbocycles. The standard InChI is InChI=1S/C15H30N2O/c1-15(2,3)9-5-8-14(18)17-10-6-7-13(12-17)11-16-4/h13,16H,5-12H2,1-4H3. The van der Waals surface area contributed by atoms with Crippen molar-refractivity contribution in [3.63, 3.8) is 0 Å². The van der Waals surface area contributed by atoms with Gasteiger partial charge < -0.3 is 10.2 Å². The molecule has 1 saturated heterocycles. The lowest BCUT2D eigenvalue weighted by Crippen LogP contribution is -2.42. The molecule has 1 amide bonds. The molecule has 0 aliphatic carbocycles. The fraction of sp³-hybridized carbons (Fsp3) is 0.933. The van der Waals surface area contributed by atoms with Gasteiger partial charge >= 0.3 is 0 Å². The van der Waals surface area contributed by atoms with Gasteiger partial charge in [0, 0.05) is 19.5 Å². The van der Waals surface area contributed by atoms with E-state index >= 15 is 0 Å². The normalized spacial score (nSPS) is 21.1. The number of nitrogens with one attached hydrogen (secondary N) is 1. The fourth-order valence-corrected chi connectivity index (χ4v) is 2.67. The second-order valence-electron chi connectivity index (χ2n) is 6.82. The van der Waals surface area contributed by atoms with Gasteiger partial charge in [-0.1, -0.05) is 20.8 Å². The van der Waals surface area contributed by atoms with Crippen LogP contribution in [0.3, 0.4) is 0 Å². The maximum atomic E-state index is 12.1. The topological polar surface area (TPSA) is 32.3 Å². The molecule has 0 spiro atoms. The van der Waals surface area contributed by atoms with E-state index in [1.807, 2.05) is 7.05 Å². The van der Waals surface area contributed by atoms with Crippen LogP contribution in [0.2, 0.25) is 0 Å². The van der Waals surface area contributed by atoms with Crippen LogP contribution in [0.5, 0.6) is 0 Å².